The Labute approximate surface area is 289 Å². The molecule has 0 aliphatic heterocycles. The summed E-state index contributed by atoms with van der Waals surface area (Å²) in [6, 6.07) is 0. The summed E-state index contributed by atoms with van der Waals surface area (Å²) in [5.74, 6) is -0.675. The summed E-state index contributed by atoms with van der Waals surface area (Å²) < 4.78 is 10.5. The summed E-state index contributed by atoms with van der Waals surface area (Å²) in [4.78, 5) is 24.2. The van der Waals surface area contributed by atoms with Crippen LogP contribution in [-0.2, 0) is 19.1 Å². The third-order valence-corrected chi connectivity index (χ3v) is 8.18. The molecule has 2 N–H and O–H groups in total. The maximum Gasteiger partial charge on any atom is 0.306 e. The predicted molar refractivity (Wildman–Crippen MR) is 197 cm³/mol. The Morgan fingerprint density at radius 1 is 0.574 bits per heavy atom. The van der Waals surface area contributed by atoms with Crippen LogP contribution in [0.3, 0.4) is 0 Å². The number of allylic oxidation sites excluding steroid dienone is 7. The lowest BCUT2D eigenvalue weighted by Crippen LogP contribution is -2.28. The first kappa shape index (κ1) is 44.8. The lowest BCUT2D eigenvalue weighted by molar-refractivity contribution is -0.161. The van der Waals surface area contributed by atoms with E-state index in [2.05, 4.69) is 62.5 Å². The van der Waals surface area contributed by atoms with Crippen LogP contribution in [0.5, 0.6) is 0 Å². The van der Waals surface area contributed by atoms with Gasteiger partial charge < -0.3 is 19.7 Å². The number of esters is 2. The monoisotopic (exact) mass is 661 g/mol. The van der Waals surface area contributed by atoms with Crippen LogP contribution < -0.4 is 0 Å². The van der Waals surface area contributed by atoms with Gasteiger partial charge >= 0.3 is 11.9 Å². The van der Waals surface area contributed by atoms with Gasteiger partial charge in [0, 0.05) is 12.8 Å². The Hall–Kier alpha value is -2.18. The molecule has 0 rings (SSSR count). The first-order valence-corrected chi connectivity index (χ1v) is 19.3. The van der Waals surface area contributed by atoms with Crippen molar-refractivity contribution < 1.29 is 29.3 Å². The van der Waals surface area contributed by atoms with Crippen LogP contribution in [0.25, 0.3) is 0 Å². The van der Waals surface area contributed by atoms with Crippen LogP contribution in [0.4, 0.5) is 0 Å². The fraction of sp³-hybridized carbons (Fsp3) is 0.756. The summed E-state index contributed by atoms with van der Waals surface area (Å²) in [6.45, 7) is 3.89. The molecule has 6 heteroatoms. The number of carbonyl (C=O) groups is 2. The van der Waals surface area contributed by atoms with Gasteiger partial charge in [-0.15, -0.1) is 0 Å². The van der Waals surface area contributed by atoms with E-state index in [0.717, 1.165) is 64.2 Å². The number of carbonyl (C=O) groups excluding carboxylic acids is 2. The summed E-state index contributed by atoms with van der Waals surface area (Å²) in [5.41, 5.74) is 0. The fourth-order valence-electron chi connectivity index (χ4n) is 5.27. The second-order valence-corrected chi connectivity index (χ2v) is 12.8. The molecule has 6 nitrogen and oxygen atoms in total. The molecule has 0 spiro atoms. The number of hydrogen-bond donors (Lipinski definition) is 2. The van der Waals surface area contributed by atoms with Crippen LogP contribution in [0.2, 0.25) is 0 Å². The molecule has 0 fully saturated rings. The summed E-state index contributed by atoms with van der Waals surface area (Å²) in [6.07, 6.45) is 42.3. The molecule has 0 aromatic heterocycles. The highest BCUT2D eigenvalue weighted by Gasteiger charge is 2.16. The number of rotatable bonds is 34. The highest BCUT2D eigenvalue weighted by atomic mass is 16.6. The van der Waals surface area contributed by atoms with E-state index in [9.17, 15) is 19.8 Å². The van der Waals surface area contributed by atoms with Crippen molar-refractivity contribution in [1.29, 1.82) is 0 Å². The number of ether oxygens (including phenoxy) is 2. The Kier molecular flexibility index (Phi) is 35.0. The molecular weight excluding hydrogens is 588 g/mol. The Morgan fingerprint density at radius 3 is 1.55 bits per heavy atom. The van der Waals surface area contributed by atoms with Crippen LogP contribution in [0.1, 0.15) is 174 Å². The third-order valence-electron chi connectivity index (χ3n) is 8.18. The van der Waals surface area contributed by atoms with Gasteiger partial charge in [0.05, 0.1) is 12.7 Å². The molecule has 272 valence electrons. The van der Waals surface area contributed by atoms with Crippen molar-refractivity contribution in [2.45, 2.75) is 187 Å². The first-order chi connectivity index (χ1) is 23.0. The van der Waals surface area contributed by atoms with Crippen molar-refractivity contribution in [2.24, 2.45) is 0 Å². The zero-order valence-corrected chi connectivity index (χ0v) is 30.4. The van der Waals surface area contributed by atoms with Gasteiger partial charge in [0.15, 0.2) is 6.10 Å². The molecule has 1 unspecified atom stereocenters. The molecule has 2 atom stereocenters. The molecule has 0 saturated carbocycles. The SMILES string of the molecule is CCCCCCCCCCCCCCCCCC(=O)O[C@@H](CO)COC(=O)CCC/C=C\C/C=C\C/C=C\C/C=C\CC(O)CCC. The van der Waals surface area contributed by atoms with Crippen molar-refractivity contribution in [3.63, 3.8) is 0 Å². The van der Waals surface area contributed by atoms with E-state index in [1.165, 1.54) is 77.0 Å². The van der Waals surface area contributed by atoms with Crippen LogP contribution in [-0.4, -0.2) is 47.6 Å². The molecule has 0 aromatic rings. The predicted octanol–water partition coefficient (Wildman–Crippen LogP) is 10.8. The largest absolute Gasteiger partial charge is 0.462 e. The van der Waals surface area contributed by atoms with Crippen LogP contribution >= 0.6 is 0 Å². The minimum absolute atomic E-state index is 0.104. The van der Waals surface area contributed by atoms with Gasteiger partial charge in [-0.1, -0.05) is 159 Å². The number of hydrogen-bond acceptors (Lipinski definition) is 6. The Balaban J connectivity index is 3.68. The summed E-state index contributed by atoms with van der Waals surface area (Å²) in [5, 5.41) is 19.2. The van der Waals surface area contributed by atoms with E-state index in [1.807, 2.05) is 0 Å². The van der Waals surface area contributed by atoms with Crippen LogP contribution in [0.15, 0.2) is 48.6 Å². The van der Waals surface area contributed by atoms with Gasteiger partial charge in [0.2, 0.25) is 0 Å². The highest BCUT2D eigenvalue weighted by molar-refractivity contribution is 5.70. The van der Waals surface area contributed by atoms with E-state index in [4.69, 9.17) is 9.47 Å². The number of aliphatic hydroxyl groups is 2. The maximum absolute atomic E-state index is 12.1. The van der Waals surface area contributed by atoms with Crippen LogP contribution in [0, 0.1) is 0 Å². The molecule has 0 radical (unpaired) electrons. The lowest BCUT2D eigenvalue weighted by atomic mass is 10.0. The van der Waals surface area contributed by atoms with Gasteiger partial charge in [-0.2, -0.15) is 0 Å². The molecule has 0 bridgehead atoms. The molecule has 0 aliphatic carbocycles. The van der Waals surface area contributed by atoms with Gasteiger partial charge in [0.25, 0.3) is 0 Å². The Morgan fingerprint density at radius 2 is 1.04 bits per heavy atom. The first-order valence-electron chi connectivity index (χ1n) is 19.3. The molecule has 0 saturated heterocycles. The van der Waals surface area contributed by atoms with E-state index >= 15 is 0 Å². The number of unbranched alkanes of at least 4 members (excludes halogenated alkanes) is 15. The Bertz CT molecular complexity index is 815. The quantitative estimate of drug-likeness (QED) is 0.0405. The molecular formula is C41H72O6. The van der Waals surface area contributed by atoms with Gasteiger partial charge in [0.1, 0.15) is 6.61 Å². The fourth-order valence-corrected chi connectivity index (χ4v) is 5.27. The average molecular weight is 661 g/mol. The van der Waals surface area contributed by atoms with Crippen molar-refractivity contribution >= 4 is 11.9 Å². The molecule has 47 heavy (non-hydrogen) atoms. The molecule has 0 amide bonds. The maximum atomic E-state index is 12.1. The van der Waals surface area contributed by atoms with Gasteiger partial charge in [-0.05, 0) is 51.4 Å². The molecule has 0 heterocycles. The molecule has 0 aromatic carbocycles. The van der Waals surface area contributed by atoms with E-state index in [-0.39, 0.29) is 31.3 Å². The topological polar surface area (TPSA) is 93.1 Å². The third kappa shape index (κ3) is 35.0. The summed E-state index contributed by atoms with van der Waals surface area (Å²) in [7, 11) is 0. The van der Waals surface area contributed by atoms with E-state index < -0.39 is 6.10 Å². The highest BCUT2D eigenvalue weighted by Crippen LogP contribution is 2.14. The van der Waals surface area contributed by atoms with E-state index in [1.54, 1.807) is 0 Å². The minimum Gasteiger partial charge on any atom is -0.462 e. The number of aliphatic hydroxyl groups excluding tert-OH is 2. The van der Waals surface area contributed by atoms with Gasteiger partial charge in [-0.25, -0.2) is 0 Å². The van der Waals surface area contributed by atoms with Gasteiger partial charge in [-0.3, -0.25) is 9.59 Å². The normalized spacial score (nSPS) is 13.4. The zero-order valence-electron chi connectivity index (χ0n) is 30.4. The van der Waals surface area contributed by atoms with Crippen molar-refractivity contribution in [1.82, 2.24) is 0 Å². The van der Waals surface area contributed by atoms with Crippen molar-refractivity contribution in [3.05, 3.63) is 48.6 Å². The zero-order chi connectivity index (χ0) is 34.5. The lowest BCUT2D eigenvalue weighted by Gasteiger charge is -2.15. The second-order valence-electron chi connectivity index (χ2n) is 12.8. The van der Waals surface area contributed by atoms with Crippen molar-refractivity contribution in [2.75, 3.05) is 13.2 Å². The van der Waals surface area contributed by atoms with E-state index in [0.29, 0.717) is 19.3 Å². The average Bonchev–Trinajstić information content (AvgIpc) is 3.06. The van der Waals surface area contributed by atoms with Crippen molar-refractivity contribution in [3.8, 4) is 0 Å². The minimum atomic E-state index is -0.801. The smallest absolute Gasteiger partial charge is 0.306 e. The summed E-state index contributed by atoms with van der Waals surface area (Å²) >= 11 is 0. The molecule has 0 aliphatic rings. The second kappa shape index (κ2) is 36.7. The standard InChI is InChI=1S/C41H72O6/c1-3-5-6-7-8-9-10-11-12-15-19-22-25-28-31-35-41(45)47-39(36-42)37-46-40(44)34-30-27-24-21-18-16-13-14-17-20-23-26-29-33-38(43)32-4-2/h13,16-17,20-21,24,26,29,38-39,42-43H,3-12,14-15,18-19,22-23,25,27-28,30-37H2,1-2H3/b16-13-,20-17-,24-21-,29-26-/t38?,39-/m0/s1.